The van der Waals surface area contributed by atoms with Crippen molar-refractivity contribution in [2.24, 2.45) is 17.8 Å². The van der Waals surface area contributed by atoms with Crippen LogP contribution in [0.5, 0.6) is 0 Å². The summed E-state index contributed by atoms with van der Waals surface area (Å²) in [4.78, 5) is 9.70. The van der Waals surface area contributed by atoms with Crippen LogP contribution in [0.3, 0.4) is 0 Å². The molecule has 0 bridgehead atoms. The van der Waals surface area contributed by atoms with Gasteiger partial charge < -0.3 is 4.89 Å². The van der Waals surface area contributed by atoms with E-state index < -0.39 is 7.37 Å². The van der Waals surface area contributed by atoms with Crippen LogP contribution in [0.4, 0.5) is 0 Å². The van der Waals surface area contributed by atoms with Crippen molar-refractivity contribution >= 4 is 7.37 Å². The van der Waals surface area contributed by atoms with E-state index in [2.05, 4.69) is 34.6 Å². The molecule has 0 aromatic rings. The van der Waals surface area contributed by atoms with Gasteiger partial charge in [0.15, 0.2) is 0 Å². The van der Waals surface area contributed by atoms with E-state index in [1.54, 1.807) is 0 Å². The van der Waals surface area contributed by atoms with Gasteiger partial charge in [-0.25, -0.2) is 0 Å². The van der Waals surface area contributed by atoms with Gasteiger partial charge in [-0.15, -0.1) is 0 Å². The van der Waals surface area contributed by atoms with Crippen molar-refractivity contribution in [1.82, 2.24) is 0 Å². The molecule has 1 N–H and O–H groups in total. The van der Waals surface area contributed by atoms with Crippen LogP contribution in [0, 0.1) is 17.8 Å². The van der Waals surface area contributed by atoms with Gasteiger partial charge in [0.2, 0.25) is 7.37 Å². The van der Waals surface area contributed by atoms with Gasteiger partial charge in [0.25, 0.3) is 0 Å². The molecule has 21 heavy (non-hydrogen) atoms. The Bertz CT molecular complexity index is 262. The third kappa shape index (κ3) is 13.6. The molecule has 0 spiro atoms. The third-order valence-electron chi connectivity index (χ3n) is 4.38. The van der Waals surface area contributed by atoms with Crippen LogP contribution in [0.25, 0.3) is 0 Å². The minimum absolute atomic E-state index is 0.517. The minimum atomic E-state index is -2.80. The highest BCUT2D eigenvalue weighted by atomic mass is 31.2. The minimum Gasteiger partial charge on any atom is -0.344 e. The first-order valence-electron chi connectivity index (χ1n) is 9.07. The van der Waals surface area contributed by atoms with Crippen LogP contribution in [-0.2, 0) is 4.57 Å². The lowest BCUT2D eigenvalue weighted by atomic mass is 9.84. The van der Waals surface area contributed by atoms with E-state index in [0.717, 1.165) is 31.6 Å². The lowest BCUT2D eigenvalue weighted by molar-refractivity contribution is 0.307. The maximum absolute atomic E-state index is 11.7. The summed E-state index contributed by atoms with van der Waals surface area (Å²) in [6.07, 6.45) is 10.9. The molecular weight excluding hydrogens is 279 g/mol. The largest absolute Gasteiger partial charge is 0.344 e. The van der Waals surface area contributed by atoms with Crippen molar-refractivity contribution in [2.45, 2.75) is 86.0 Å². The van der Waals surface area contributed by atoms with Crippen LogP contribution < -0.4 is 0 Å². The first-order valence-corrected chi connectivity index (χ1v) is 11.1. The van der Waals surface area contributed by atoms with Gasteiger partial charge in [0.1, 0.15) is 0 Å². The molecule has 0 atom stereocenters. The zero-order chi connectivity index (χ0) is 16.3. The SMILES string of the molecule is CC(C)CCCP(=O)(O)CCCC(C)C.CCC1CCC1. The second-order valence-electron chi connectivity index (χ2n) is 7.57. The molecule has 3 heteroatoms. The fraction of sp³-hybridized carbons (Fsp3) is 1.00. The fourth-order valence-electron chi connectivity index (χ4n) is 2.51. The molecule has 0 unspecified atom stereocenters. The topological polar surface area (TPSA) is 37.3 Å². The molecular formula is C18H39O2P. The highest BCUT2D eigenvalue weighted by Crippen LogP contribution is 2.42. The van der Waals surface area contributed by atoms with Crippen LogP contribution in [0.2, 0.25) is 0 Å². The molecule has 1 rings (SSSR count). The molecule has 1 aliphatic rings. The van der Waals surface area contributed by atoms with E-state index in [1.165, 1.54) is 25.7 Å². The summed E-state index contributed by atoms with van der Waals surface area (Å²) in [6, 6.07) is 0. The van der Waals surface area contributed by atoms with E-state index in [0.29, 0.717) is 24.2 Å². The predicted molar refractivity (Wildman–Crippen MR) is 95.3 cm³/mol. The van der Waals surface area contributed by atoms with E-state index in [4.69, 9.17) is 0 Å². The summed E-state index contributed by atoms with van der Waals surface area (Å²) < 4.78 is 11.7. The summed E-state index contributed by atoms with van der Waals surface area (Å²) in [5.74, 6) is 2.39. The van der Waals surface area contributed by atoms with Crippen molar-refractivity contribution < 1.29 is 9.46 Å². The highest BCUT2D eigenvalue weighted by molar-refractivity contribution is 7.57. The normalized spacial score (nSPS) is 15.8. The Kier molecular flexibility index (Phi) is 11.8. The lowest BCUT2D eigenvalue weighted by Gasteiger charge is -2.22. The zero-order valence-electron chi connectivity index (χ0n) is 15.1. The van der Waals surface area contributed by atoms with Crippen molar-refractivity contribution in [2.75, 3.05) is 12.3 Å². The molecule has 0 aliphatic heterocycles. The van der Waals surface area contributed by atoms with Gasteiger partial charge in [-0.3, -0.25) is 4.57 Å². The Morgan fingerprint density at radius 1 is 1.00 bits per heavy atom. The van der Waals surface area contributed by atoms with E-state index in [-0.39, 0.29) is 0 Å². The predicted octanol–water partition coefficient (Wildman–Crippen LogP) is 6.33. The molecule has 0 aromatic carbocycles. The number of hydrogen-bond acceptors (Lipinski definition) is 1. The van der Waals surface area contributed by atoms with Crippen molar-refractivity contribution in [1.29, 1.82) is 0 Å². The van der Waals surface area contributed by atoms with Crippen LogP contribution in [0.1, 0.15) is 86.0 Å². The highest BCUT2D eigenvalue weighted by Gasteiger charge is 2.17. The fourth-order valence-corrected chi connectivity index (χ4v) is 4.08. The van der Waals surface area contributed by atoms with Crippen molar-refractivity contribution in [3.63, 3.8) is 0 Å². The maximum atomic E-state index is 11.7. The zero-order valence-corrected chi connectivity index (χ0v) is 16.0. The maximum Gasteiger partial charge on any atom is 0.200 e. The molecule has 0 saturated heterocycles. The van der Waals surface area contributed by atoms with Gasteiger partial charge in [0, 0.05) is 12.3 Å². The first-order chi connectivity index (χ1) is 9.76. The summed E-state index contributed by atoms with van der Waals surface area (Å²) in [5, 5.41) is 0. The van der Waals surface area contributed by atoms with Crippen LogP contribution in [-0.4, -0.2) is 17.2 Å². The standard InChI is InChI=1S/C12H27O2P.C6H12/c1-11(2)7-5-9-15(13,14)10-6-8-12(3)4;1-2-6-4-3-5-6/h11-12H,5-10H2,1-4H3,(H,13,14);6H,2-5H2,1H3. The molecule has 128 valence electrons. The monoisotopic (exact) mass is 318 g/mol. The van der Waals surface area contributed by atoms with Gasteiger partial charge in [-0.1, -0.05) is 73.1 Å². The second-order valence-corrected chi connectivity index (χ2v) is 10.2. The summed E-state index contributed by atoms with van der Waals surface area (Å²) in [6.45, 7) is 10.9. The van der Waals surface area contributed by atoms with Gasteiger partial charge >= 0.3 is 0 Å². The quantitative estimate of drug-likeness (QED) is 0.505. The molecule has 0 aromatic heterocycles. The van der Waals surface area contributed by atoms with E-state index in [1.807, 2.05) is 0 Å². The number of hydrogen-bond donors (Lipinski definition) is 1. The second kappa shape index (κ2) is 11.7. The molecule has 1 fully saturated rings. The Balaban J connectivity index is 0.000000547. The van der Waals surface area contributed by atoms with Crippen LogP contribution >= 0.6 is 7.37 Å². The molecule has 1 saturated carbocycles. The Morgan fingerprint density at radius 2 is 1.43 bits per heavy atom. The average Bonchev–Trinajstić information content (AvgIpc) is 2.26. The van der Waals surface area contributed by atoms with Gasteiger partial charge in [-0.2, -0.15) is 0 Å². The number of rotatable bonds is 9. The summed E-state index contributed by atoms with van der Waals surface area (Å²) in [5.41, 5.74) is 0. The Labute approximate surface area is 133 Å². The average molecular weight is 318 g/mol. The summed E-state index contributed by atoms with van der Waals surface area (Å²) in [7, 11) is -2.80. The van der Waals surface area contributed by atoms with E-state index in [9.17, 15) is 9.46 Å². The molecule has 0 heterocycles. The summed E-state index contributed by atoms with van der Waals surface area (Å²) >= 11 is 0. The van der Waals surface area contributed by atoms with E-state index >= 15 is 0 Å². The van der Waals surface area contributed by atoms with Gasteiger partial charge in [0.05, 0.1) is 0 Å². The molecule has 2 nitrogen and oxygen atoms in total. The third-order valence-corrected chi connectivity index (χ3v) is 6.41. The Hall–Kier alpha value is 0.190. The smallest absolute Gasteiger partial charge is 0.200 e. The van der Waals surface area contributed by atoms with Crippen molar-refractivity contribution in [3.8, 4) is 0 Å². The molecule has 0 radical (unpaired) electrons. The first kappa shape index (κ1) is 21.2. The van der Waals surface area contributed by atoms with Crippen LogP contribution in [0.15, 0.2) is 0 Å². The molecule has 0 amide bonds. The Morgan fingerprint density at radius 3 is 1.62 bits per heavy atom. The molecule has 1 aliphatic carbocycles. The lowest BCUT2D eigenvalue weighted by Crippen LogP contribution is -2.08. The van der Waals surface area contributed by atoms with Gasteiger partial charge in [-0.05, 0) is 30.6 Å². The van der Waals surface area contributed by atoms with Crippen molar-refractivity contribution in [3.05, 3.63) is 0 Å².